The van der Waals surface area contributed by atoms with Gasteiger partial charge in [0.2, 0.25) is 0 Å². The lowest BCUT2D eigenvalue weighted by Crippen LogP contribution is -2.24. The lowest BCUT2D eigenvalue weighted by Gasteiger charge is -2.09. The minimum atomic E-state index is -0.447. The van der Waals surface area contributed by atoms with Crippen LogP contribution in [0, 0.1) is 5.82 Å². The summed E-state index contributed by atoms with van der Waals surface area (Å²) in [7, 11) is 0. The number of benzene rings is 2. The average molecular weight is 391 g/mol. The molecule has 1 aromatic heterocycles. The molecule has 1 amide bonds. The van der Waals surface area contributed by atoms with Gasteiger partial charge >= 0.3 is 0 Å². The van der Waals surface area contributed by atoms with Crippen molar-refractivity contribution >= 4 is 40.6 Å². The van der Waals surface area contributed by atoms with Gasteiger partial charge in [-0.25, -0.2) is 14.4 Å². The zero-order valence-corrected chi connectivity index (χ0v) is 14.9. The molecule has 26 heavy (non-hydrogen) atoms. The Bertz CT molecular complexity index is 935. The van der Waals surface area contributed by atoms with Gasteiger partial charge in [0.05, 0.1) is 23.1 Å². The molecule has 0 atom stereocenters. The number of hydrogen-bond acceptors (Lipinski definition) is 4. The molecule has 1 heterocycles. The Morgan fingerprint density at radius 3 is 2.58 bits per heavy atom. The summed E-state index contributed by atoms with van der Waals surface area (Å²) in [5, 5.41) is 6.55. The third-order valence-electron chi connectivity index (χ3n) is 3.48. The molecule has 0 bridgehead atoms. The van der Waals surface area contributed by atoms with Gasteiger partial charge in [0, 0.05) is 17.1 Å². The van der Waals surface area contributed by atoms with Crippen LogP contribution in [0.2, 0.25) is 10.0 Å². The molecule has 0 unspecified atom stereocenters. The van der Waals surface area contributed by atoms with Gasteiger partial charge in [0.1, 0.15) is 17.3 Å². The quantitative estimate of drug-likeness (QED) is 0.668. The van der Waals surface area contributed by atoms with Gasteiger partial charge < -0.3 is 10.6 Å². The Labute approximate surface area is 159 Å². The molecule has 2 N–H and O–H groups in total. The Balaban J connectivity index is 1.63. The molecule has 0 radical (unpaired) electrons. The van der Waals surface area contributed by atoms with Gasteiger partial charge in [-0.2, -0.15) is 0 Å². The molecule has 132 valence electrons. The van der Waals surface area contributed by atoms with E-state index in [-0.39, 0.29) is 18.1 Å². The first kappa shape index (κ1) is 18.1. The van der Waals surface area contributed by atoms with Crippen molar-refractivity contribution in [1.29, 1.82) is 0 Å². The second-order valence-electron chi connectivity index (χ2n) is 5.31. The molecule has 5 nitrogen and oxygen atoms in total. The van der Waals surface area contributed by atoms with E-state index in [4.69, 9.17) is 23.2 Å². The molecular weight excluding hydrogens is 378 g/mol. The van der Waals surface area contributed by atoms with Crippen LogP contribution in [0.25, 0.3) is 0 Å². The summed E-state index contributed by atoms with van der Waals surface area (Å²) in [4.78, 5) is 20.3. The fourth-order valence-electron chi connectivity index (χ4n) is 2.15. The summed E-state index contributed by atoms with van der Waals surface area (Å²) in [5.74, 6) is -0.407. The zero-order chi connectivity index (χ0) is 18.5. The summed E-state index contributed by atoms with van der Waals surface area (Å²) >= 11 is 11.9. The van der Waals surface area contributed by atoms with Crippen molar-refractivity contribution in [2.75, 3.05) is 5.32 Å². The number of carbonyl (C=O) groups is 1. The molecule has 0 fully saturated rings. The maximum absolute atomic E-state index is 13.6. The Morgan fingerprint density at radius 2 is 1.88 bits per heavy atom. The highest BCUT2D eigenvalue weighted by Gasteiger charge is 2.10. The number of nitrogens with one attached hydrogen (secondary N) is 2. The van der Waals surface area contributed by atoms with Crippen LogP contribution < -0.4 is 10.6 Å². The van der Waals surface area contributed by atoms with Gasteiger partial charge in [-0.15, -0.1) is 0 Å². The van der Waals surface area contributed by atoms with E-state index in [1.165, 1.54) is 18.5 Å². The fraction of sp³-hybridized carbons (Fsp3) is 0.0556. The van der Waals surface area contributed by atoms with Crippen LogP contribution in [0.15, 0.2) is 54.9 Å². The van der Waals surface area contributed by atoms with Crippen molar-refractivity contribution < 1.29 is 9.18 Å². The van der Waals surface area contributed by atoms with E-state index in [0.29, 0.717) is 27.1 Å². The minimum absolute atomic E-state index is 0.0631. The summed E-state index contributed by atoms with van der Waals surface area (Å²) in [6.45, 7) is 0.0631. The standard InChI is InChI=1S/C18H13Cl2FN4O/c19-12-5-6-15(13(20)7-12)25-17-10-22-16(9-23-17)18(26)24-8-11-3-1-2-4-14(11)21/h1-7,9-10H,8H2,(H,23,25)(H,24,26). The lowest BCUT2D eigenvalue weighted by atomic mass is 10.2. The maximum Gasteiger partial charge on any atom is 0.271 e. The number of aromatic nitrogens is 2. The third-order valence-corrected chi connectivity index (χ3v) is 4.02. The predicted molar refractivity (Wildman–Crippen MR) is 99.3 cm³/mol. The Hall–Kier alpha value is -2.70. The van der Waals surface area contributed by atoms with Gasteiger partial charge in [-0.05, 0) is 24.3 Å². The number of rotatable bonds is 5. The molecule has 0 spiro atoms. The molecule has 0 aliphatic carbocycles. The molecule has 0 aliphatic heterocycles. The molecule has 0 saturated heterocycles. The molecule has 0 saturated carbocycles. The van der Waals surface area contributed by atoms with Crippen molar-refractivity contribution in [2.24, 2.45) is 0 Å². The van der Waals surface area contributed by atoms with E-state index in [9.17, 15) is 9.18 Å². The smallest absolute Gasteiger partial charge is 0.271 e. The second-order valence-corrected chi connectivity index (χ2v) is 6.15. The van der Waals surface area contributed by atoms with E-state index < -0.39 is 5.91 Å². The number of hydrogen-bond donors (Lipinski definition) is 2. The SMILES string of the molecule is O=C(NCc1ccccc1F)c1cnc(Nc2ccc(Cl)cc2Cl)cn1. The number of anilines is 2. The highest BCUT2D eigenvalue weighted by atomic mass is 35.5. The maximum atomic E-state index is 13.6. The zero-order valence-electron chi connectivity index (χ0n) is 13.3. The summed E-state index contributed by atoms with van der Waals surface area (Å²) < 4.78 is 13.6. The van der Waals surface area contributed by atoms with Gasteiger partial charge in [-0.1, -0.05) is 41.4 Å². The number of nitrogens with zero attached hydrogens (tertiary/aromatic N) is 2. The average Bonchev–Trinajstić information content (AvgIpc) is 2.64. The first-order valence-electron chi connectivity index (χ1n) is 7.58. The van der Waals surface area contributed by atoms with Crippen LogP contribution in [0.3, 0.4) is 0 Å². The molecule has 8 heteroatoms. The molecule has 0 aliphatic rings. The van der Waals surface area contributed by atoms with Crippen LogP contribution in [-0.2, 0) is 6.54 Å². The first-order chi connectivity index (χ1) is 12.5. The second kappa shape index (κ2) is 8.12. The van der Waals surface area contributed by atoms with Crippen molar-refractivity contribution in [3.63, 3.8) is 0 Å². The van der Waals surface area contributed by atoms with E-state index in [1.54, 1.807) is 36.4 Å². The van der Waals surface area contributed by atoms with Crippen LogP contribution in [0.4, 0.5) is 15.9 Å². The van der Waals surface area contributed by atoms with Crippen molar-refractivity contribution in [2.45, 2.75) is 6.54 Å². The summed E-state index contributed by atoms with van der Waals surface area (Å²) in [5.41, 5.74) is 1.13. The van der Waals surface area contributed by atoms with Crippen molar-refractivity contribution in [3.8, 4) is 0 Å². The van der Waals surface area contributed by atoms with Gasteiger partial charge in [-0.3, -0.25) is 4.79 Å². The largest absolute Gasteiger partial charge is 0.346 e. The Kier molecular flexibility index (Phi) is 5.65. The number of halogens is 3. The first-order valence-corrected chi connectivity index (χ1v) is 8.34. The predicted octanol–water partition coefficient (Wildman–Crippen LogP) is 4.60. The van der Waals surface area contributed by atoms with Crippen LogP contribution >= 0.6 is 23.2 Å². The van der Waals surface area contributed by atoms with E-state index in [1.807, 2.05) is 0 Å². The highest BCUT2D eigenvalue weighted by Crippen LogP contribution is 2.27. The molecular formula is C18H13Cl2FN4O. The normalized spacial score (nSPS) is 10.4. The molecule has 3 rings (SSSR count). The lowest BCUT2D eigenvalue weighted by molar-refractivity contribution is 0.0945. The van der Waals surface area contributed by atoms with Crippen LogP contribution in [0.5, 0.6) is 0 Å². The number of carbonyl (C=O) groups excluding carboxylic acids is 1. The van der Waals surface area contributed by atoms with Crippen molar-refractivity contribution in [1.82, 2.24) is 15.3 Å². The van der Waals surface area contributed by atoms with Crippen LogP contribution in [0.1, 0.15) is 16.1 Å². The number of amides is 1. The summed E-state index contributed by atoms with van der Waals surface area (Å²) in [6.07, 6.45) is 2.73. The van der Waals surface area contributed by atoms with Gasteiger partial charge in [0.15, 0.2) is 0 Å². The topological polar surface area (TPSA) is 66.9 Å². The fourth-order valence-corrected chi connectivity index (χ4v) is 2.60. The Morgan fingerprint density at radius 1 is 1.08 bits per heavy atom. The van der Waals surface area contributed by atoms with E-state index >= 15 is 0 Å². The van der Waals surface area contributed by atoms with Crippen LogP contribution in [-0.4, -0.2) is 15.9 Å². The van der Waals surface area contributed by atoms with E-state index in [0.717, 1.165) is 0 Å². The highest BCUT2D eigenvalue weighted by molar-refractivity contribution is 6.36. The molecule has 2 aromatic carbocycles. The van der Waals surface area contributed by atoms with E-state index in [2.05, 4.69) is 20.6 Å². The monoisotopic (exact) mass is 390 g/mol. The van der Waals surface area contributed by atoms with Crippen molar-refractivity contribution in [3.05, 3.63) is 82.0 Å². The van der Waals surface area contributed by atoms with Gasteiger partial charge in [0.25, 0.3) is 5.91 Å². The minimum Gasteiger partial charge on any atom is -0.346 e. The third kappa shape index (κ3) is 4.47. The molecule has 3 aromatic rings. The summed E-state index contributed by atoms with van der Waals surface area (Å²) in [6, 6.07) is 11.2.